The van der Waals surface area contributed by atoms with Gasteiger partial charge in [-0.15, -0.1) is 0 Å². The number of hydrogen-bond donors (Lipinski definition) is 1. The molecule has 0 heterocycles. The van der Waals surface area contributed by atoms with Gasteiger partial charge in [-0.1, -0.05) is 49.6 Å². The lowest BCUT2D eigenvalue weighted by Crippen LogP contribution is -2.38. The Bertz CT molecular complexity index is 1040. The van der Waals surface area contributed by atoms with Crippen molar-refractivity contribution in [1.29, 1.82) is 0 Å². The molecule has 0 aliphatic carbocycles. The Hall–Kier alpha value is -3.47. The third-order valence-electron chi connectivity index (χ3n) is 5.59. The molecule has 2 amide bonds. The minimum Gasteiger partial charge on any atom is -0.350 e. The highest BCUT2D eigenvalue weighted by atomic mass is 19.1. The Morgan fingerprint density at radius 2 is 1.48 bits per heavy atom. The lowest BCUT2D eigenvalue weighted by atomic mass is 10.1. The van der Waals surface area contributed by atoms with Gasteiger partial charge in [-0.2, -0.15) is 0 Å². The third kappa shape index (κ3) is 7.01. The Morgan fingerprint density at radius 3 is 2.12 bits per heavy atom. The quantitative estimate of drug-likeness (QED) is 0.392. The van der Waals surface area contributed by atoms with Gasteiger partial charge in [0.15, 0.2) is 0 Å². The number of aryl methyl sites for hydroxylation is 2. The van der Waals surface area contributed by atoms with Crippen molar-refractivity contribution in [2.24, 2.45) is 0 Å². The topological polar surface area (TPSA) is 49.4 Å². The van der Waals surface area contributed by atoms with Gasteiger partial charge in [0.2, 0.25) is 0 Å². The summed E-state index contributed by atoms with van der Waals surface area (Å²) >= 11 is 0. The Kier molecular flexibility index (Phi) is 8.76. The number of unbranched alkanes of at least 4 members (excludes halogenated alkanes) is 2. The zero-order chi connectivity index (χ0) is 23.6. The van der Waals surface area contributed by atoms with Crippen LogP contribution >= 0.6 is 0 Å². The summed E-state index contributed by atoms with van der Waals surface area (Å²) in [6.45, 7) is 4.67. The molecule has 3 aromatic carbocycles. The maximum absolute atomic E-state index is 13.4. The standard InChI is InChI=1S/C28H31FN2O2/c1-3-4-5-6-22-9-13-23(14-10-22)27(32)30-19-20-31(26-17-15-25(29)16-18-26)28(33)24-11-7-21(2)8-12-24/h7-18H,3-6,19-20H2,1-2H3,(H,30,32). The number of anilines is 1. The molecule has 0 atom stereocenters. The van der Waals surface area contributed by atoms with Gasteiger partial charge >= 0.3 is 0 Å². The average molecular weight is 447 g/mol. The summed E-state index contributed by atoms with van der Waals surface area (Å²) in [4.78, 5) is 27.3. The maximum atomic E-state index is 13.4. The van der Waals surface area contributed by atoms with Crippen molar-refractivity contribution >= 4 is 17.5 Å². The van der Waals surface area contributed by atoms with Crippen molar-refractivity contribution in [3.05, 3.63) is 101 Å². The fourth-order valence-corrected chi connectivity index (χ4v) is 3.61. The Balaban J connectivity index is 1.64. The van der Waals surface area contributed by atoms with Gasteiger partial charge in [0.25, 0.3) is 11.8 Å². The van der Waals surface area contributed by atoms with E-state index in [1.165, 1.54) is 30.5 Å². The molecule has 0 saturated heterocycles. The second-order valence-electron chi connectivity index (χ2n) is 8.21. The molecule has 0 aliphatic rings. The molecule has 4 nitrogen and oxygen atoms in total. The van der Waals surface area contributed by atoms with Crippen molar-refractivity contribution < 1.29 is 14.0 Å². The molecule has 0 fully saturated rings. The number of rotatable bonds is 10. The van der Waals surface area contributed by atoms with E-state index >= 15 is 0 Å². The second kappa shape index (κ2) is 12.0. The largest absolute Gasteiger partial charge is 0.350 e. The number of nitrogens with zero attached hydrogens (tertiary/aromatic N) is 1. The van der Waals surface area contributed by atoms with Crippen LogP contribution in [0.15, 0.2) is 72.8 Å². The van der Waals surface area contributed by atoms with Crippen LogP contribution in [0, 0.1) is 12.7 Å². The second-order valence-corrected chi connectivity index (χ2v) is 8.21. The fourth-order valence-electron chi connectivity index (χ4n) is 3.61. The van der Waals surface area contributed by atoms with Crippen LogP contribution in [-0.2, 0) is 6.42 Å². The monoisotopic (exact) mass is 446 g/mol. The molecule has 0 spiro atoms. The molecular weight excluding hydrogens is 415 g/mol. The molecular formula is C28H31FN2O2. The summed E-state index contributed by atoms with van der Waals surface area (Å²) in [6.07, 6.45) is 4.55. The van der Waals surface area contributed by atoms with Crippen LogP contribution in [-0.4, -0.2) is 24.9 Å². The van der Waals surface area contributed by atoms with E-state index in [1.807, 2.05) is 43.3 Å². The molecule has 0 aliphatic heterocycles. The van der Waals surface area contributed by atoms with Crippen LogP contribution in [0.2, 0.25) is 0 Å². The number of benzene rings is 3. The van der Waals surface area contributed by atoms with Crippen molar-refractivity contribution in [3.63, 3.8) is 0 Å². The summed E-state index contributed by atoms with van der Waals surface area (Å²) in [5.74, 6) is -0.753. The van der Waals surface area contributed by atoms with Crippen molar-refractivity contribution in [2.45, 2.75) is 39.5 Å². The summed E-state index contributed by atoms with van der Waals surface area (Å²) in [7, 11) is 0. The number of carbonyl (C=O) groups is 2. The van der Waals surface area contributed by atoms with Gasteiger partial charge in [-0.3, -0.25) is 9.59 Å². The van der Waals surface area contributed by atoms with Crippen LogP contribution in [0.5, 0.6) is 0 Å². The predicted molar refractivity (Wildman–Crippen MR) is 131 cm³/mol. The zero-order valence-corrected chi connectivity index (χ0v) is 19.3. The van der Waals surface area contributed by atoms with Crippen LogP contribution in [0.25, 0.3) is 0 Å². The summed E-state index contributed by atoms with van der Waals surface area (Å²) in [6, 6.07) is 20.8. The van der Waals surface area contributed by atoms with Gasteiger partial charge in [0, 0.05) is 29.9 Å². The summed E-state index contributed by atoms with van der Waals surface area (Å²) < 4.78 is 13.4. The molecule has 0 radical (unpaired) electrons. The van der Waals surface area contributed by atoms with Gasteiger partial charge in [0.05, 0.1) is 0 Å². The summed E-state index contributed by atoms with van der Waals surface area (Å²) in [5.41, 5.74) is 3.99. The first-order chi connectivity index (χ1) is 16.0. The van der Waals surface area contributed by atoms with E-state index in [0.717, 1.165) is 18.4 Å². The molecule has 0 bridgehead atoms. The smallest absolute Gasteiger partial charge is 0.258 e. The molecule has 3 rings (SSSR count). The zero-order valence-electron chi connectivity index (χ0n) is 19.3. The first kappa shape index (κ1) is 24.2. The van der Waals surface area contributed by atoms with E-state index in [0.29, 0.717) is 16.8 Å². The first-order valence-corrected chi connectivity index (χ1v) is 11.5. The number of carbonyl (C=O) groups excluding carboxylic acids is 2. The molecule has 0 saturated carbocycles. The van der Waals surface area contributed by atoms with E-state index in [4.69, 9.17) is 0 Å². The SMILES string of the molecule is CCCCCc1ccc(C(=O)NCCN(C(=O)c2ccc(C)cc2)c2ccc(F)cc2)cc1. The van der Waals surface area contributed by atoms with E-state index in [1.54, 1.807) is 29.2 Å². The molecule has 33 heavy (non-hydrogen) atoms. The van der Waals surface area contributed by atoms with Crippen molar-refractivity contribution in [3.8, 4) is 0 Å². The minimum absolute atomic E-state index is 0.183. The van der Waals surface area contributed by atoms with E-state index in [9.17, 15) is 14.0 Å². The Labute approximate surface area is 195 Å². The predicted octanol–water partition coefficient (Wildman–Crippen LogP) is 5.94. The van der Waals surface area contributed by atoms with Gasteiger partial charge < -0.3 is 10.2 Å². The lowest BCUT2D eigenvalue weighted by molar-refractivity contribution is 0.0943. The average Bonchev–Trinajstić information content (AvgIpc) is 2.83. The number of nitrogens with one attached hydrogen (secondary N) is 1. The van der Waals surface area contributed by atoms with E-state index < -0.39 is 0 Å². The van der Waals surface area contributed by atoms with Gasteiger partial charge in [-0.25, -0.2) is 4.39 Å². The van der Waals surface area contributed by atoms with Crippen LogP contribution < -0.4 is 10.2 Å². The number of amides is 2. The molecule has 3 aromatic rings. The number of hydrogen-bond acceptors (Lipinski definition) is 2. The Morgan fingerprint density at radius 1 is 0.848 bits per heavy atom. The maximum Gasteiger partial charge on any atom is 0.258 e. The highest BCUT2D eigenvalue weighted by Crippen LogP contribution is 2.18. The molecule has 172 valence electrons. The normalized spacial score (nSPS) is 10.6. The van der Waals surface area contributed by atoms with Crippen LogP contribution in [0.3, 0.4) is 0 Å². The molecule has 0 unspecified atom stereocenters. The summed E-state index contributed by atoms with van der Waals surface area (Å²) in [5, 5.41) is 2.89. The molecule has 0 aromatic heterocycles. The van der Waals surface area contributed by atoms with Gasteiger partial charge in [0.1, 0.15) is 5.82 Å². The number of halogens is 1. The lowest BCUT2D eigenvalue weighted by Gasteiger charge is -2.23. The third-order valence-corrected chi connectivity index (χ3v) is 5.59. The van der Waals surface area contributed by atoms with Crippen LogP contribution in [0.4, 0.5) is 10.1 Å². The van der Waals surface area contributed by atoms with Crippen molar-refractivity contribution in [1.82, 2.24) is 5.32 Å². The highest BCUT2D eigenvalue weighted by Gasteiger charge is 2.18. The minimum atomic E-state index is -0.368. The fraction of sp³-hybridized carbons (Fsp3) is 0.286. The molecule has 5 heteroatoms. The highest BCUT2D eigenvalue weighted by molar-refractivity contribution is 6.06. The van der Waals surface area contributed by atoms with E-state index in [-0.39, 0.29) is 30.7 Å². The first-order valence-electron chi connectivity index (χ1n) is 11.5. The van der Waals surface area contributed by atoms with E-state index in [2.05, 4.69) is 12.2 Å². The van der Waals surface area contributed by atoms with Crippen molar-refractivity contribution in [2.75, 3.05) is 18.0 Å². The van der Waals surface area contributed by atoms with Crippen LogP contribution in [0.1, 0.15) is 58.0 Å². The molecule has 1 N–H and O–H groups in total. The van der Waals surface area contributed by atoms with Gasteiger partial charge in [-0.05, 0) is 73.9 Å².